The Morgan fingerprint density at radius 1 is 1.38 bits per heavy atom. The first-order valence-corrected chi connectivity index (χ1v) is 6.10. The summed E-state index contributed by atoms with van der Waals surface area (Å²) in [6.07, 6.45) is 1.69. The second-order valence-corrected chi connectivity index (χ2v) is 4.92. The van der Waals surface area contributed by atoms with Crippen molar-refractivity contribution in [3.63, 3.8) is 0 Å². The molecule has 1 heterocycles. The first-order valence-electron chi connectivity index (χ1n) is 4.91. The van der Waals surface area contributed by atoms with Crippen LogP contribution in [-0.2, 0) is 6.54 Å². The lowest BCUT2D eigenvalue weighted by molar-refractivity contribution is 0.527. The molecule has 0 aliphatic rings. The highest BCUT2D eigenvalue weighted by Gasteiger charge is 2.05. The molecular weight excluding hydrogens is 242 g/mol. The zero-order valence-electron chi connectivity index (χ0n) is 8.87. The molecule has 0 atom stereocenters. The van der Waals surface area contributed by atoms with Crippen LogP contribution in [0.25, 0.3) is 0 Å². The van der Waals surface area contributed by atoms with E-state index in [0.717, 1.165) is 21.1 Å². The maximum Gasteiger partial charge on any atom is 0.114 e. The highest BCUT2D eigenvalue weighted by molar-refractivity contribution is 7.99. The van der Waals surface area contributed by atoms with Gasteiger partial charge in [0.25, 0.3) is 0 Å². The van der Waals surface area contributed by atoms with Gasteiger partial charge < -0.3 is 10.2 Å². The third-order valence-corrected chi connectivity index (χ3v) is 3.77. The minimum atomic E-state index is 0.467. The van der Waals surface area contributed by atoms with E-state index in [-0.39, 0.29) is 0 Å². The van der Waals surface area contributed by atoms with Gasteiger partial charge in [-0.15, -0.1) is 0 Å². The topological polar surface area (TPSA) is 39.2 Å². The maximum atomic E-state index is 6.09. The minimum Gasteiger partial charge on any atom is -0.468 e. The van der Waals surface area contributed by atoms with Crippen molar-refractivity contribution >= 4 is 23.4 Å². The summed E-state index contributed by atoms with van der Waals surface area (Å²) in [6.45, 7) is 2.41. The van der Waals surface area contributed by atoms with E-state index < -0.39 is 0 Å². The Morgan fingerprint density at radius 3 is 2.75 bits per heavy atom. The van der Waals surface area contributed by atoms with Crippen molar-refractivity contribution in [2.75, 3.05) is 0 Å². The van der Waals surface area contributed by atoms with E-state index in [9.17, 15) is 0 Å². The fourth-order valence-electron chi connectivity index (χ4n) is 1.36. The van der Waals surface area contributed by atoms with Gasteiger partial charge in [0.2, 0.25) is 0 Å². The van der Waals surface area contributed by atoms with E-state index in [0.29, 0.717) is 11.6 Å². The van der Waals surface area contributed by atoms with Crippen LogP contribution in [0.2, 0.25) is 5.02 Å². The molecule has 0 aliphatic heterocycles. The molecule has 2 N–H and O–H groups in total. The van der Waals surface area contributed by atoms with Gasteiger partial charge in [-0.05, 0) is 30.7 Å². The normalized spacial score (nSPS) is 10.7. The highest BCUT2D eigenvalue weighted by atomic mass is 35.5. The predicted molar refractivity (Wildman–Crippen MR) is 66.9 cm³/mol. The minimum absolute atomic E-state index is 0.467. The monoisotopic (exact) mass is 253 g/mol. The Hall–Kier alpha value is -0.900. The third kappa shape index (κ3) is 2.43. The van der Waals surface area contributed by atoms with Gasteiger partial charge in [0.05, 0.1) is 11.2 Å². The molecule has 0 spiro atoms. The molecule has 0 bridgehead atoms. The summed E-state index contributed by atoms with van der Waals surface area (Å²) in [5, 5.41) is 0.716. The maximum absolute atomic E-state index is 6.09. The quantitative estimate of drug-likeness (QED) is 0.903. The van der Waals surface area contributed by atoms with E-state index in [1.54, 1.807) is 18.0 Å². The van der Waals surface area contributed by atoms with Crippen molar-refractivity contribution in [2.24, 2.45) is 5.73 Å². The van der Waals surface area contributed by atoms with Gasteiger partial charge >= 0.3 is 0 Å². The van der Waals surface area contributed by atoms with Crippen LogP contribution in [0.1, 0.15) is 11.3 Å². The van der Waals surface area contributed by atoms with Gasteiger partial charge in [-0.3, -0.25) is 0 Å². The van der Waals surface area contributed by atoms with E-state index in [1.165, 1.54) is 0 Å². The average molecular weight is 254 g/mol. The van der Waals surface area contributed by atoms with E-state index in [2.05, 4.69) is 0 Å². The van der Waals surface area contributed by atoms with Gasteiger partial charge in [-0.2, -0.15) is 0 Å². The molecule has 2 aromatic rings. The van der Waals surface area contributed by atoms with E-state index in [4.69, 9.17) is 21.8 Å². The number of furan rings is 1. The zero-order chi connectivity index (χ0) is 11.5. The van der Waals surface area contributed by atoms with Crippen LogP contribution >= 0.6 is 23.4 Å². The van der Waals surface area contributed by atoms with E-state index in [1.807, 2.05) is 31.2 Å². The van der Waals surface area contributed by atoms with Crippen LogP contribution in [0.5, 0.6) is 0 Å². The number of halogens is 1. The van der Waals surface area contributed by atoms with E-state index >= 15 is 0 Å². The van der Waals surface area contributed by atoms with Crippen molar-refractivity contribution in [2.45, 2.75) is 23.3 Å². The van der Waals surface area contributed by atoms with Crippen molar-refractivity contribution < 1.29 is 4.42 Å². The average Bonchev–Trinajstić information content (AvgIpc) is 2.65. The van der Waals surface area contributed by atoms with Crippen LogP contribution in [0.4, 0.5) is 0 Å². The Kier molecular flexibility index (Phi) is 3.59. The SMILES string of the molecule is Cc1occc1Sc1ccc(CN)c(Cl)c1. The molecule has 1 aromatic heterocycles. The fourth-order valence-corrected chi connectivity index (χ4v) is 2.57. The highest BCUT2D eigenvalue weighted by Crippen LogP contribution is 2.33. The number of aryl methyl sites for hydroxylation is 1. The van der Waals surface area contributed by atoms with Crippen LogP contribution in [0.15, 0.2) is 44.7 Å². The number of benzene rings is 1. The Morgan fingerprint density at radius 2 is 2.19 bits per heavy atom. The lowest BCUT2D eigenvalue weighted by Gasteiger charge is -2.04. The molecule has 84 valence electrons. The van der Waals surface area contributed by atoms with Crippen LogP contribution in [0.3, 0.4) is 0 Å². The molecule has 4 heteroatoms. The fraction of sp³-hybridized carbons (Fsp3) is 0.167. The molecule has 0 fully saturated rings. The standard InChI is InChI=1S/C12H12ClNOS/c1-8-12(4-5-15-8)16-10-3-2-9(7-14)11(13)6-10/h2-6H,7,14H2,1H3. The van der Waals surface area contributed by atoms with Gasteiger partial charge in [0.15, 0.2) is 0 Å². The van der Waals surface area contributed by atoms with Gasteiger partial charge in [-0.1, -0.05) is 29.4 Å². The lowest BCUT2D eigenvalue weighted by Crippen LogP contribution is -1.96. The smallest absolute Gasteiger partial charge is 0.114 e. The summed E-state index contributed by atoms with van der Waals surface area (Å²) in [6, 6.07) is 7.86. The van der Waals surface area contributed by atoms with Crippen molar-refractivity contribution in [1.82, 2.24) is 0 Å². The van der Waals surface area contributed by atoms with Gasteiger partial charge in [0.1, 0.15) is 5.76 Å². The number of rotatable bonds is 3. The second-order valence-electron chi connectivity index (χ2n) is 3.40. The van der Waals surface area contributed by atoms with Crippen LogP contribution in [0, 0.1) is 6.92 Å². The Balaban J connectivity index is 2.23. The van der Waals surface area contributed by atoms with Gasteiger partial charge in [0, 0.05) is 16.5 Å². The molecule has 0 aliphatic carbocycles. The summed E-state index contributed by atoms with van der Waals surface area (Å²) in [5.41, 5.74) is 6.52. The predicted octanol–water partition coefficient (Wildman–Crippen LogP) is 3.85. The molecule has 0 unspecified atom stereocenters. The zero-order valence-corrected chi connectivity index (χ0v) is 10.4. The molecule has 0 radical (unpaired) electrons. The molecule has 2 rings (SSSR count). The molecule has 0 saturated carbocycles. The lowest BCUT2D eigenvalue weighted by atomic mass is 10.2. The third-order valence-electron chi connectivity index (χ3n) is 2.28. The number of nitrogens with two attached hydrogens (primary N) is 1. The molecule has 0 amide bonds. The molecule has 2 nitrogen and oxygen atoms in total. The molecule has 0 saturated heterocycles. The first-order chi connectivity index (χ1) is 7.70. The first kappa shape index (κ1) is 11.6. The molecular formula is C12H12ClNOS. The summed E-state index contributed by atoms with van der Waals surface area (Å²) in [7, 11) is 0. The molecule has 1 aromatic carbocycles. The number of hydrogen-bond donors (Lipinski definition) is 1. The molecule has 16 heavy (non-hydrogen) atoms. The van der Waals surface area contributed by atoms with Crippen molar-refractivity contribution in [1.29, 1.82) is 0 Å². The van der Waals surface area contributed by atoms with Crippen molar-refractivity contribution in [3.8, 4) is 0 Å². The summed E-state index contributed by atoms with van der Waals surface area (Å²) >= 11 is 7.73. The van der Waals surface area contributed by atoms with Crippen LogP contribution < -0.4 is 5.73 Å². The summed E-state index contributed by atoms with van der Waals surface area (Å²) < 4.78 is 5.24. The number of hydrogen-bond acceptors (Lipinski definition) is 3. The van der Waals surface area contributed by atoms with Crippen LogP contribution in [-0.4, -0.2) is 0 Å². The largest absolute Gasteiger partial charge is 0.468 e. The Labute approximate surface area is 104 Å². The van der Waals surface area contributed by atoms with Gasteiger partial charge in [-0.25, -0.2) is 0 Å². The summed E-state index contributed by atoms with van der Waals surface area (Å²) in [5.74, 6) is 0.920. The Bertz CT molecular complexity index is 496. The van der Waals surface area contributed by atoms with Crippen molar-refractivity contribution in [3.05, 3.63) is 46.9 Å². The summed E-state index contributed by atoms with van der Waals surface area (Å²) in [4.78, 5) is 2.20. The second kappa shape index (κ2) is 4.95.